The second-order valence-electron chi connectivity index (χ2n) is 4.92. The fraction of sp³-hybridized carbons (Fsp3) is 0.200. The lowest BCUT2D eigenvalue weighted by Crippen LogP contribution is -2.27. The Bertz CT molecular complexity index is 790. The zero-order chi connectivity index (χ0) is 15.0. The van der Waals surface area contributed by atoms with E-state index in [2.05, 4.69) is 5.32 Å². The van der Waals surface area contributed by atoms with Crippen LogP contribution in [0.4, 0.5) is 15.8 Å². The standard InChI is InChI=1S/C15H15FN2O2S/c1-18(15-5-3-2-4-13(15)16)21(19,20)12-7-6-11-8-9-17-14(11)10-12/h2-7,10,17H,8-9H2,1H3. The summed E-state index contributed by atoms with van der Waals surface area (Å²) in [6, 6.07) is 10.8. The van der Waals surface area contributed by atoms with Gasteiger partial charge in [-0.25, -0.2) is 12.8 Å². The predicted octanol–water partition coefficient (Wildman–Crippen LogP) is 2.62. The average molecular weight is 306 g/mol. The summed E-state index contributed by atoms with van der Waals surface area (Å²) in [6.07, 6.45) is 0.888. The van der Waals surface area contributed by atoms with Crippen molar-refractivity contribution in [2.24, 2.45) is 0 Å². The molecule has 0 unspecified atom stereocenters. The molecule has 0 aliphatic carbocycles. The third kappa shape index (κ3) is 2.35. The molecular weight excluding hydrogens is 291 g/mol. The van der Waals surface area contributed by atoms with Crippen LogP contribution in [0, 0.1) is 5.82 Å². The van der Waals surface area contributed by atoms with Crippen molar-refractivity contribution in [2.75, 3.05) is 23.2 Å². The molecule has 4 nitrogen and oxygen atoms in total. The second kappa shape index (κ2) is 5.04. The predicted molar refractivity (Wildman–Crippen MR) is 80.6 cm³/mol. The molecule has 0 fully saturated rings. The van der Waals surface area contributed by atoms with Gasteiger partial charge < -0.3 is 5.32 Å². The third-order valence-corrected chi connectivity index (χ3v) is 5.41. The first kappa shape index (κ1) is 13.9. The maximum atomic E-state index is 13.8. The van der Waals surface area contributed by atoms with Crippen LogP contribution in [0.1, 0.15) is 5.56 Å². The van der Waals surface area contributed by atoms with Crippen molar-refractivity contribution >= 4 is 21.4 Å². The molecular formula is C15H15FN2O2S. The number of nitrogens with one attached hydrogen (secondary N) is 1. The van der Waals surface area contributed by atoms with Crippen molar-refractivity contribution in [1.29, 1.82) is 0 Å². The first-order valence-corrected chi connectivity index (χ1v) is 8.04. The zero-order valence-corrected chi connectivity index (χ0v) is 12.3. The van der Waals surface area contributed by atoms with E-state index in [1.165, 1.54) is 25.2 Å². The maximum Gasteiger partial charge on any atom is 0.264 e. The highest BCUT2D eigenvalue weighted by Gasteiger charge is 2.25. The van der Waals surface area contributed by atoms with Gasteiger partial charge in [-0.05, 0) is 36.2 Å². The van der Waals surface area contributed by atoms with E-state index in [0.717, 1.165) is 28.5 Å². The molecule has 0 saturated carbocycles. The number of halogens is 1. The van der Waals surface area contributed by atoms with Gasteiger partial charge in [-0.3, -0.25) is 4.31 Å². The molecule has 2 aromatic carbocycles. The van der Waals surface area contributed by atoms with Crippen LogP contribution in [0.5, 0.6) is 0 Å². The maximum absolute atomic E-state index is 13.8. The van der Waals surface area contributed by atoms with Crippen LogP contribution in [0.25, 0.3) is 0 Å². The van der Waals surface area contributed by atoms with Crippen LogP contribution in [0.3, 0.4) is 0 Å². The SMILES string of the molecule is CN(c1ccccc1F)S(=O)(=O)c1ccc2c(c1)NCC2. The number of nitrogens with zero attached hydrogens (tertiary/aromatic N) is 1. The molecule has 0 spiro atoms. The summed E-state index contributed by atoms with van der Waals surface area (Å²) in [6.45, 7) is 0.808. The molecule has 110 valence electrons. The van der Waals surface area contributed by atoms with E-state index >= 15 is 0 Å². The summed E-state index contributed by atoms with van der Waals surface area (Å²) in [5, 5.41) is 3.15. The molecule has 0 amide bonds. The van der Waals surface area contributed by atoms with Gasteiger partial charge in [0, 0.05) is 19.3 Å². The highest BCUT2D eigenvalue weighted by molar-refractivity contribution is 7.92. The van der Waals surface area contributed by atoms with Gasteiger partial charge in [0.25, 0.3) is 10.0 Å². The molecule has 0 radical (unpaired) electrons. The summed E-state index contributed by atoms with van der Waals surface area (Å²) in [7, 11) is -2.43. The van der Waals surface area contributed by atoms with Gasteiger partial charge in [0.1, 0.15) is 5.82 Å². The molecule has 1 heterocycles. The summed E-state index contributed by atoms with van der Waals surface area (Å²) >= 11 is 0. The Morgan fingerprint density at radius 1 is 1.19 bits per heavy atom. The van der Waals surface area contributed by atoms with Crippen LogP contribution in [-0.2, 0) is 16.4 Å². The first-order chi connectivity index (χ1) is 10.00. The molecule has 1 N–H and O–H groups in total. The smallest absolute Gasteiger partial charge is 0.264 e. The molecule has 0 atom stereocenters. The molecule has 1 aliphatic rings. The Morgan fingerprint density at radius 2 is 1.95 bits per heavy atom. The summed E-state index contributed by atoms with van der Waals surface area (Å²) in [5.41, 5.74) is 1.96. The molecule has 0 aromatic heterocycles. The fourth-order valence-electron chi connectivity index (χ4n) is 2.43. The Labute approximate surface area is 123 Å². The van der Waals surface area contributed by atoms with Crippen molar-refractivity contribution in [3.8, 4) is 0 Å². The van der Waals surface area contributed by atoms with E-state index in [9.17, 15) is 12.8 Å². The van der Waals surface area contributed by atoms with E-state index in [-0.39, 0.29) is 10.6 Å². The van der Waals surface area contributed by atoms with Crippen molar-refractivity contribution in [2.45, 2.75) is 11.3 Å². The topological polar surface area (TPSA) is 49.4 Å². The van der Waals surface area contributed by atoms with Crippen LogP contribution in [0.15, 0.2) is 47.4 Å². The van der Waals surface area contributed by atoms with E-state index in [0.29, 0.717) is 0 Å². The summed E-state index contributed by atoms with van der Waals surface area (Å²) in [4.78, 5) is 0.154. The molecule has 0 saturated heterocycles. The molecule has 2 aromatic rings. The van der Waals surface area contributed by atoms with Gasteiger partial charge in [-0.15, -0.1) is 0 Å². The van der Waals surface area contributed by atoms with Crippen molar-refractivity contribution in [3.63, 3.8) is 0 Å². The average Bonchev–Trinajstić information content (AvgIpc) is 2.94. The van der Waals surface area contributed by atoms with Gasteiger partial charge in [-0.2, -0.15) is 0 Å². The highest BCUT2D eigenvalue weighted by Crippen LogP contribution is 2.29. The van der Waals surface area contributed by atoms with Crippen LogP contribution >= 0.6 is 0 Å². The van der Waals surface area contributed by atoms with Gasteiger partial charge in [0.2, 0.25) is 0 Å². The highest BCUT2D eigenvalue weighted by atomic mass is 32.2. The quantitative estimate of drug-likeness (QED) is 0.948. The van der Waals surface area contributed by atoms with Crippen molar-refractivity contribution in [1.82, 2.24) is 0 Å². The first-order valence-electron chi connectivity index (χ1n) is 6.60. The number of rotatable bonds is 3. The van der Waals surface area contributed by atoms with E-state index < -0.39 is 15.8 Å². The van der Waals surface area contributed by atoms with Crippen LogP contribution < -0.4 is 9.62 Å². The van der Waals surface area contributed by atoms with E-state index in [1.54, 1.807) is 24.3 Å². The van der Waals surface area contributed by atoms with E-state index in [1.807, 2.05) is 0 Å². The summed E-state index contributed by atoms with van der Waals surface area (Å²) < 4.78 is 40.0. The molecule has 0 bridgehead atoms. The Morgan fingerprint density at radius 3 is 2.71 bits per heavy atom. The van der Waals surface area contributed by atoms with Crippen LogP contribution in [-0.4, -0.2) is 22.0 Å². The number of sulfonamides is 1. The van der Waals surface area contributed by atoms with Gasteiger partial charge in [0.15, 0.2) is 0 Å². The minimum Gasteiger partial charge on any atom is -0.384 e. The fourth-order valence-corrected chi connectivity index (χ4v) is 3.66. The molecule has 21 heavy (non-hydrogen) atoms. The normalized spacial score (nSPS) is 13.6. The lowest BCUT2D eigenvalue weighted by Gasteiger charge is -2.20. The Hall–Kier alpha value is -2.08. The van der Waals surface area contributed by atoms with Crippen molar-refractivity contribution in [3.05, 3.63) is 53.8 Å². The Kier molecular flexibility index (Phi) is 3.33. The molecule has 6 heteroatoms. The lowest BCUT2D eigenvalue weighted by atomic mass is 10.2. The number of benzene rings is 2. The number of hydrogen-bond donors (Lipinski definition) is 1. The zero-order valence-electron chi connectivity index (χ0n) is 11.5. The minimum absolute atomic E-state index is 0.0333. The largest absolute Gasteiger partial charge is 0.384 e. The van der Waals surface area contributed by atoms with Gasteiger partial charge in [-0.1, -0.05) is 18.2 Å². The van der Waals surface area contributed by atoms with Crippen molar-refractivity contribution < 1.29 is 12.8 Å². The third-order valence-electron chi connectivity index (χ3n) is 3.64. The minimum atomic E-state index is -3.78. The Balaban J connectivity index is 2.02. The van der Waals surface area contributed by atoms with Gasteiger partial charge >= 0.3 is 0 Å². The van der Waals surface area contributed by atoms with E-state index in [4.69, 9.17) is 0 Å². The van der Waals surface area contributed by atoms with Gasteiger partial charge in [0.05, 0.1) is 10.6 Å². The lowest BCUT2D eigenvalue weighted by molar-refractivity contribution is 0.589. The summed E-state index contributed by atoms with van der Waals surface area (Å²) in [5.74, 6) is -0.567. The monoisotopic (exact) mass is 306 g/mol. The second-order valence-corrected chi connectivity index (χ2v) is 6.89. The number of para-hydroxylation sites is 1. The molecule has 3 rings (SSSR count). The molecule has 1 aliphatic heterocycles. The van der Waals surface area contributed by atoms with Crippen LogP contribution in [0.2, 0.25) is 0 Å². The number of fused-ring (bicyclic) bond motifs is 1. The number of anilines is 2. The number of hydrogen-bond acceptors (Lipinski definition) is 3.